The molecule has 3 N–H and O–H groups in total. The van der Waals surface area contributed by atoms with Crippen molar-refractivity contribution in [2.75, 3.05) is 10.5 Å². The van der Waals surface area contributed by atoms with E-state index in [9.17, 15) is 8.42 Å². The first kappa shape index (κ1) is 12.2. The Balaban J connectivity index is 2.41. The van der Waals surface area contributed by atoms with Gasteiger partial charge >= 0.3 is 0 Å². The number of nitrogen functional groups attached to an aromatic ring is 1. The predicted molar refractivity (Wildman–Crippen MR) is 68.8 cm³/mol. The number of nitrogens with two attached hydrogens (primary N) is 1. The lowest BCUT2D eigenvalue weighted by molar-refractivity contribution is 0.601. The smallest absolute Gasteiger partial charge is 0.265 e. The third kappa shape index (κ3) is 2.68. The molecule has 90 valence electrons. The Morgan fingerprint density at radius 3 is 2.82 bits per heavy atom. The minimum atomic E-state index is -3.75. The zero-order valence-electron chi connectivity index (χ0n) is 8.42. The average molecular weight is 290 g/mol. The molecule has 8 heteroatoms. The molecule has 0 fully saturated rings. The summed E-state index contributed by atoms with van der Waals surface area (Å²) in [4.78, 5) is 3.78. The van der Waals surface area contributed by atoms with Crippen LogP contribution in [0.1, 0.15) is 0 Å². The molecule has 1 aromatic heterocycles. The summed E-state index contributed by atoms with van der Waals surface area (Å²) in [6.07, 6.45) is 1.50. The molecular weight excluding hydrogens is 282 g/mol. The monoisotopic (exact) mass is 289 g/mol. The number of thiazole rings is 1. The first-order valence-corrected chi connectivity index (χ1v) is 7.20. The van der Waals surface area contributed by atoms with Crippen LogP contribution >= 0.6 is 22.9 Å². The van der Waals surface area contributed by atoms with Gasteiger partial charge in [0.15, 0.2) is 5.13 Å². The molecule has 2 rings (SSSR count). The van der Waals surface area contributed by atoms with Crippen molar-refractivity contribution in [1.29, 1.82) is 0 Å². The van der Waals surface area contributed by atoms with Gasteiger partial charge in [-0.25, -0.2) is 13.4 Å². The Kier molecular flexibility index (Phi) is 3.23. The number of anilines is 2. The lowest BCUT2D eigenvalue weighted by Gasteiger charge is -2.08. The van der Waals surface area contributed by atoms with E-state index in [2.05, 4.69) is 9.71 Å². The number of benzene rings is 1. The Morgan fingerprint density at radius 1 is 1.41 bits per heavy atom. The molecule has 17 heavy (non-hydrogen) atoms. The topological polar surface area (TPSA) is 85.1 Å². The molecule has 0 amide bonds. The maximum absolute atomic E-state index is 12.0. The van der Waals surface area contributed by atoms with Crippen LogP contribution in [0.2, 0.25) is 5.02 Å². The Morgan fingerprint density at radius 2 is 2.18 bits per heavy atom. The van der Waals surface area contributed by atoms with Crippen molar-refractivity contribution < 1.29 is 8.42 Å². The van der Waals surface area contributed by atoms with Gasteiger partial charge in [-0.1, -0.05) is 11.6 Å². The van der Waals surface area contributed by atoms with Crippen molar-refractivity contribution in [2.24, 2.45) is 0 Å². The Hall–Kier alpha value is -1.31. The molecular formula is C9H8ClN3O2S2. The summed E-state index contributed by atoms with van der Waals surface area (Å²) >= 11 is 6.92. The van der Waals surface area contributed by atoms with Gasteiger partial charge < -0.3 is 5.73 Å². The van der Waals surface area contributed by atoms with E-state index in [-0.39, 0.29) is 15.7 Å². The van der Waals surface area contributed by atoms with Crippen molar-refractivity contribution in [3.05, 3.63) is 34.8 Å². The molecule has 2 aromatic rings. The van der Waals surface area contributed by atoms with Crippen LogP contribution in [-0.2, 0) is 10.0 Å². The summed E-state index contributed by atoms with van der Waals surface area (Å²) in [5, 5.41) is 2.25. The number of nitrogens with one attached hydrogen (secondary N) is 1. The summed E-state index contributed by atoms with van der Waals surface area (Å²) in [5.41, 5.74) is 5.75. The largest absolute Gasteiger partial charge is 0.398 e. The maximum Gasteiger partial charge on any atom is 0.265 e. The van der Waals surface area contributed by atoms with Crippen molar-refractivity contribution in [3.63, 3.8) is 0 Å². The van der Waals surface area contributed by atoms with Crippen molar-refractivity contribution in [2.45, 2.75) is 4.90 Å². The normalized spacial score (nSPS) is 11.4. The zero-order valence-corrected chi connectivity index (χ0v) is 10.8. The van der Waals surface area contributed by atoms with E-state index in [4.69, 9.17) is 17.3 Å². The van der Waals surface area contributed by atoms with E-state index in [0.717, 1.165) is 0 Å². The van der Waals surface area contributed by atoms with Crippen LogP contribution in [0.3, 0.4) is 0 Å². The van der Waals surface area contributed by atoms with Gasteiger partial charge in [0.2, 0.25) is 0 Å². The highest BCUT2D eigenvalue weighted by atomic mass is 35.5. The number of aromatic nitrogens is 1. The highest BCUT2D eigenvalue weighted by molar-refractivity contribution is 7.93. The minimum Gasteiger partial charge on any atom is -0.398 e. The second-order valence-electron chi connectivity index (χ2n) is 3.12. The number of sulfonamides is 1. The van der Waals surface area contributed by atoms with E-state index in [0.29, 0.717) is 5.02 Å². The fourth-order valence-corrected chi connectivity index (χ4v) is 3.37. The highest BCUT2D eigenvalue weighted by Gasteiger charge is 2.18. The third-order valence-electron chi connectivity index (χ3n) is 1.92. The molecule has 0 aliphatic heterocycles. The maximum atomic E-state index is 12.0. The molecule has 0 radical (unpaired) electrons. The average Bonchev–Trinajstić information content (AvgIpc) is 2.73. The number of nitrogens with zero attached hydrogens (tertiary/aromatic N) is 1. The first-order valence-electron chi connectivity index (χ1n) is 4.46. The van der Waals surface area contributed by atoms with E-state index in [1.807, 2.05) is 0 Å². The number of rotatable bonds is 3. The van der Waals surface area contributed by atoms with E-state index >= 15 is 0 Å². The fourth-order valence-electron chi connectivity index (χ4n) is 1.18. The van der Waals surface area contributed by atoms with E-state index in [1.165, 1.54) is 35.7 Å². The quantitative estimate of drug-likeness (QED) is 0.848. The fraction of sp³-hybridized carbons (Fsp3) is 0. The van der Waals surface area contributed by atoms with Gasteiger partial charge in [0.25, 0.3) is 10.0 Å². The molecule has 0 aliphatic carbocycles. The van der Waals surface area contributed by atoms with Crippen LogP contribution in [0.4, 0.5) is 10.8 Å². The molecule has 0 unspecified atom stereocenters. The lowest BCUT2D eigenvalue weighted by atomic mass is 10.3. The van der Waals surface area contributed by atoms with Gasteiger partial charge in [0.05, 0.1) is 5.69 Å². The van der Waals surface area contributed by atoms with Crippen LogP contribution in [0, 0.1) is 0 Å². The summed E-state index contributed by atoms with van der Waals surface area (Å²) in [6, 6.07) is 4.27. The Labute approximate surface area is 107 Å². The SMILES string of the molecule is Nc1ccc(Cl)cc1S(=O)(=O)Nc1nccs1. The summed E-state index contributed by atoms with van der Waals surface area (Å²) in [5.74, 6) is 0. The Bertz CT molecular complexity index is 626. The summed E-state index contributed by atoms with van der Waals surface area (Å²) in [6.45, 7) is 0. The van der Waals surface area contributed by atoms with Crippen molar-refractivity contribution in [1.82, 2.24) is 4.98 Å². The van der Waals surface area contributed by atoms with Crippen molar-refractivity contribution >= 4 is 43.8 Å². The van der Waals surface area contributed by atoms with Gasteiger partial charge in [-0.2, -0.15) is 0 Å². The van der Waals surface area contributed by atoms with Crippen molar-refractivity contribution in [3.8, 4) is 0 Å². The van der Waals surface area contributed by atoms with E-state index in [1.54, 1.807) is 5.38 Å². The summed E-state index contributed by atoms with van der Waals surface area (Å²) < 4.78 is 26.3. The van der Waals surface area contributed by atoms with Gasteiger partial charge in [0.1, 0.15) is 4.90 Å². The molecule has 5 nitrogen and oxygen atoms in total. The molecule has 0 saturated carbocycles. The second kappa shape index (κ2) is 4.52. The van der Waals surface area contributed by atoms with Crippen LogP contribution < -0.4 is 10.5 Å². The van der Waals surface area contributed by atoms with Gasteiger partial charge in [-0.3, -0.25) is 4.72 Å². The second-order valence-corrected chi connectivity index (χ2v) is 6.11. The number of halogens is 1. The predicted octanol–water partition coefficient (Wildman–Crippen LogP) is 2.18. The van der Waals surface area contributed by atoms with Crippen LogP contribution in [0.5, 0.6) is 0 Å². The lowest BCUT2D eigenvalue weighted by Crippen LogP contribution is -2.14. The first-order chi connectivity index (χ1) is 7.99. The molecule has 0 bridgehead atoms. The molecule has 0 saturated heterocycles. The molecule has 1 heterocycles. The highest BCUT2D eigenvalue weighted by Crippen LogP contribution is 2.25. The standard InChI is InChI=1S/C9H8ClN3O2S2/c10-6-1-2-7(11)8(5-6)17(14,15)13-9-12-3-4-16-9/h1-5H,11H2,(H,12,13). The minimum absolute atomic E-state index is 0.0554. The number of hydrogen-bond donors (Lipinski definition) is 2. The zero-order chi connectivity index (χ0) is 12.5. The van der Waals surface area contributed by atoms with Crippen LogP contribution in [-0.4, -0.2) is 13.4 Å². The van der Waals surface area contributed by atoms with Gasteiger partial charge in [-0.05, 0) is 18.2 Å². The van der Waals surface area contributed by atoms with Crippen LogP contribution in [0.15, 0.2) is 34.7 Å². The van der Waals surface area contributed by atoms with Gasteiger partial charge in [-0.15, -0.1) is 11.3 Å². The van der Waals surface area contributed by atoms with Crippen LogP contribution in [0.25, 0.3) is 0 Å². The molecule has 0 spiro atoms. The van der Waals surface area contributed by atoms with E-state index < -0.39 is 10.0 Å². The number of hydrogen-bond acceptors (Lipinski definition) is 5. The molecule has 0 aliphatic rings. The molecule has 0 atom stereocenters. The third-order valence-corrected chi connectivity index (χ3v) is 4.37. The van der Waals surface area contributed by atoms with Gasteiger partial charge in [0, 0.05) is 16.6 Å². The summed E-state index contributed by atoms with van der Waals surface area (Å²) in [7, 11) is -3.75. The molecule has 1 aromatic carbocycles.